The summed E-state index contributed by atoms with van der Waals surface area (Å²) in [5.74, 6) is 0. The zero-order valence-corrected chi connectivity index (χ0v) is 6.03. The molecule has 5 nitrogen and oxygen atoms in total. The summed E-state index contributed by atoms with van der Waals surface area (Å²) in [7, 11) is 0. The molecule has 0 bridgehead atoms. The Morgan fingerprint density at radius 2 is 2.36 bits per heavy atom. The highest BCUT2D eigenvalue weighted by Gasteiger charge is 1.92. The average Bonchev–Trinajstić information content (AvgIpc) is 1.95. The van der Waals surface area contributed by atoms with Gasteiger partial charge in [0.05, 0.1) is 6.20 Å². The van der Waals surface area contributed by atoms with Crippen LogP contribution in [0.25, 0.3) is 0 Å². The van der Waals surface area contributed by atoms with Gasteiger partial charge in [0.2, 0.25) is 0 Å². The van der Waals surface area contributed by atoms with E-state index in [1.807, 2.05) is 0 Å². The molecule has 1 N–H and O–H groups in total. The number of nitrogens with one attached hydrogen (secondary N) is 1. The van der Waals surface area contributed by atoms with Gasteiger partial charge in [0, 0.05) is 6.07 Å². The van der Waals surface area contributed by atoms with E-state index in [2.05, 4.69) is 4.98 Å². The molecule has 1 rings (SSSR count). The van der Waals surface area contributed by atoms with Crippen LogP contribution in [0.1, 0.15) is 6.92 Å². The molecule has 5 heteroatoms. The molecular formula is C6H8N2O3. The van der Waals surface area contributed by atoms with Gasteiger partial charge >= 0.3 is 5.69 Å². The topological polar surface area (TPSA) is 64.1 Å². The van der Waals surface area contributed by atoms with Gasteiger partial charge in [0.1, 0.15) is 6.61 Å². The maximum atomic E-state index is 10.8. The second-order valence-electron chi connectivity index (χ2n) is 1.85. The van der Waals surface area contributed by atoms with Crippen LogP contribution in [0.4, 0.5) is 0 Å². The van der Waals surface area contributed by atoms with Crippen LogP contribution in [0.2, 0.25) is 0 Å². The molecule has 0 atom stereocenters. The fourth-order valence-corrected chi connectivity index (χ4v) is 0.646. The first-order valence-electron chi connectivity index (χ1n) is 3.19. The lowest BCUT2D eigenvalue weighted by Gasteiger charge is -2.02. The summed E-state index contributed by atoms with van der Waals surface area (Å²) < 4.78 is 0.974. The Labute approximate surface area is 62.2 Å². The molecule has 1 aromatic rings. The van der Waals surface area contributed by atoms with Gasteiger partial charge in [-0.05, 0) is 6.92 Å². The van der Waals surface area contributed by atoms with Crippen molar-refractivity contribution in [2.24, 2.45) is 0 Å². The SMILES string of the molecule is CCOn1ccc(=O)[nH]c1=O. The summed E-state index contributed by atoms with van der Waals surface area (Å²) >= 11 is 0. The summed E-state index contributed by atoms with van der Waals surface area (Å²) in [6.45, 7) is 2.13. The van der Waals surface area contributed by atoms with Crippen molar-refractivity contribution in [3.8, 4) is 0 Å². The molecule has 0 spiro atoms. The lowest BCUT2D eigenvalue weighted by molar-refractivity contribution is 0.109. The van der Waals surface area contributed by atoms with E-state index in [0.717, 1.165) is 4.73 Å². The molecule has 0 radical (unpaired) electrons. The third-order valence-corrected chi connectivity index (χ3v) is 1.06. The minimum absolute atomic E-state index is 0.381. The van der Waals surface area contributed by atoms with E-state index in [-0.39, 0.29) is 0 Å². The molecule has 11 heavy (non-hydrogen) atoms. The van der Waals surface area contributed by atoms with Crippen molar-refractivity contribution in [1.29, 1.82) is 0 Å². The molecule has 1 aromatic heterocycles. The van der Waals surface area contributed by atoms with Crippen LogP contribution >= 0.6 is 0 Å². The molecule has 0 saturated carbocycles. The molecular weight excluding hydrogens is 148 g/mol. The first-order valence-corrected chi connectivity index (χ1v) is 3.19. The molecule has 0 fully saturated rings. The van der Waals surface area contributed by atoms with E-state index < -0.39 is 11.2 Å². The second kappa shape index (κ2) is 3.05. The Morgan fingerprint density at radius 1 is 1.64 bits per heavy atom. The van der Waals surface area contributed by atoms with Crippen LogP contribution < -0.4 is 16.1 Å². The fourth-order valence-electron chi connectivity index (χ4n) is 0.646. The monoisotopic (exact) mass is 156 g/mol. The predicted octanol–water partition coefficient (Wildman–Crippen LogP) is -1.01. The van der Waals surface area contributed by atoms with Crippen LogP contribution in [0.5, 0.6) is 0 Å². The molecule has 0 saturated heterocycles. The minimum Gasteiger partial charge on any atom is -0.410 e. The first-order chi connectivity index (χ1) is 5.24. The van der Waals surface area contributed by atoms with E-state index >= 15 is 0 Å². The predicted molar refractivity (Wildman–Crippen MR) is 38.4 cm³/mol. The van der Waals surface area contributed by atoms with Crippen molar-refractivity contribution in [2.45, 2.75) is 6.92 Å². The zero-order chi connectivity index (χ0) is 8.27. The number of hydrogen-bond donors (Lipinski definition) is 1. The maximum Gasteiger partial charge on any atom is 0.361 e. The molecule has 0 unspecified atom stereocenters. The van der Waals surface area contributed by atoms with Crippen molar-refractivity contribution in [3.63, 3.8) is 0 Å². The average molecular weight is 156 g/mol. The third-order valence-electron chi connectivity index (χ3n) is 1.06. The van der Waals surface area contributed by atoms with E-state index in [1.54, 1.807) is 6.92 Å². The van der Waals surface area contributed by atoms with Crippen molar-refractivity contribution < 1.29 is 4.84 Å². The summed E-state index contributed by atoms with van der Waals surface area (Å²) in [6.07, 6.45) is 1.28. The molecule has 0 aliphatic heterocycles. The fraction of sp³-hybridized carbons (Fsp3) is 0.333. The molecule has 0 aromatic carbocycles. The highest BCUT2D eigenvalue weighted by atomic mass is 16.7. The van der Waals surface area contributed by atoms with Crippen molar-refractivity contribution in [2.75, 3.05) is 6.61 Å². The van der Waals surface area contributed by atoms with Gasteiger partial charge < -0.3 is 4.84 Å². The van der Waals surface area contributed by atoms with E-state index in [4.69, 9.17) is 4.84 Å². The lowest BCUT2D eigenvalue weighted by Crippen LogP contribution is -2.32. The van der Waals surface area contributed by atoms with Crippen LogP contribution in [-0.4, -0.2) is 16.3 Å². The minimum atomic E-state index is -0.556. The summed E-state index contributed by atoms with van der Waals surface area (Å²) in [5, 5.41) is 0. The van der Waals surface area contributed by atoms with Gasteiger partial charge in [0.15, 0.2) is 0 Å². The van der Waals surface area contributed by atoms with Gasteiger partial charge in [-0.2, -0.15) is 0 Å². The largest absolute Gasteiger partial charge is 0.410 e. The number of nitrogens with zero attached hydrogens (tertiary/aromatic N) is 1. The Kier molecular flexibility index (Phi) is 2.10. The number of aromatic amines is 1. The zero-order valence-electron chi connectivity index (χ0n) is 6.03. The Bertz CT molecular complexity index is 338. The van der Waals surface area contributed by atoms with Crippen molar-refractivity contribution >= 4 is 0 Å². The van der Waals surface area contributed by atoms with Gasteiger partial charge in [0.25, 0.3) is 5.56 Å². The van der Waals surface area contributed by atoms with Crippen LogP contribution in [-0.2, 0) is 0 Å². The lowest BCUT2D eigenvalue weighted by atomic mass is 10.7. The van der Waals surface area contributed by atoms with Crippen LogP contribution in [0.15, 0.2) is 21.9 Å². The number of hydrogen-bond acceptors (Lipinski definition) is 3. The summed E-state index contributed by atoms with van der Waals surface area (Å²) in [5.41, 5.74) is -0.981. The molecule has 1 heterocycles. The summed E-state index contributed by atoms with van der Waals surface area (Å²) in [4.78, 5) is 28.2. The summed E-state index contributed by atoms with van der Waals surface area (Å²) in [6, 6.07) is 1.22. The molecule has 60 valence electrons. The highest BCUT2D eigenvalue weighted by Crippen LogP contribution is 1.67. The van der Waals surface area contributed by atoms with Crippen LogP contribution in [0.3, 0.4) is 0 Å². The molecule has 0 aliphatic rings. The smallest absolute Gasteiger partial charge is 0.361 e. The van der Waals surface area contributed by atoms with E-state index in [9.17, 15) is 9.59 Å². The Balaban J connectivity index is 3.10. The van der Waals surface area contributed by atoms with Crippen LogP contribution in [0, 0.1) is 0 Å². The highest BCUT2D eigenvalue weighted by molar-refractivity contribution is 4.79. The van der Waals surface area contributed by atoms with Crippen molar-refractivity contribution in [3.05, 3.63) is 33.1 Å². The molecule has 0 amide bonds. The number of H-pyrrole nitrogens is 1. The van der Waals surface area contributed by atoms with Crippen molar-refractivity contribution in [1.82, 2.24) is 9.71 Å². The van der Waals surface area contributed by atoms with Gasteiger partial charge in [-0.15, -0.1) is 4.73 Å². The van der Waals surface area contributed by atoms with Gasteiger partial charge in [-0.25, -0.2) is 4.79 Å². The quantitative estimate of drug-likeness (QED) is 0.596. The Morgan fingerprint density at radius 3 is 2.91 bits per heavy atom. The van der Waals surface area contributed by atoms with E-state index in [0.29, 0.717) is 6.61 Å². The molecule has 0 aliphatic carbocycles. The van der Waals surface area contributed by atoms with E-state index in [1.165, 1.54) is 12.3 Å². The Hall–Kier alpha value is -1.52. The van der Waals surface area contributed by atoms with Gasteiger partial charge in [-0.1, -0.05) is 0 Å². The first kappa shape index (κ1) is 7.59. The standard InChI is InChI=1S/C6H8N2O3/c1-2-11-8-4-3-5(9)7-6(8)10/h3-4H,2H2,1H3,(H,7,9,10). The number of aromatic nitrogens is 2. The maximum absolute atomic E-state index is 10.8. The normalized spacial score (nSPS) is 9.55. The third kappa shape index (κ3) is 1.70. The van der Waals surface area contributed by atoms with Gasteiger partial charge in [-0.3, -0.25) is 9.78 Å². The second-order valence-corrected chi connectivity index (χ2v) is 1.85. The number of rotatable bonds is 2.